The molecule has 0 radical (unpaired) electrons. The molecule has 1 aliphatic heterocycles. The summed E-state index contributed by atoms with van der Waals surface area (Å²) in [4.78, 5) is 0. The monoisotopic (exact) mass is 267 g/mol. The molecule has 3 nitrogen and oxygen atoms in total. The molecule has 2 aromatic rings. The molecule has 1 aliphatic carbocycles. The molecule has 2 N–H and O–H groups in total. The van der Waals surface area contributed by atoms with Gasteiger partial charge in [0.2, 0.25) is 6.79 Å². The van der Waals surface area contributed by atoms with E-state index in [0.29, 0.717) is 12.7 Å². The van der Waals surface area contributed by atoms with E-state index in [-0.39, 0.29) is 5.54 Å². The van der Waals surface area contributed by atoms with Crippen LogP contribution in [0.5, 0.6) is 11.5 Å². The molecule has 1 saturated carbocycles. The highest BCUT2D eigenvalue weighted by atomic mass is 16.7. The summed E-state index contributed by atoms with van der Waals surface area (Å²) in [6.07, 6.45) is 1.97. The molecule has 2 aromatic carbocycles. The molecule has 1 fully saturated rings. The first-order valence-electron chi connectivity index (χ1n) is 6.99. The van der Waals surface area contributed by atoms with Gasteiger partial charge in [0.25, 0.3) is 0 Å². The summed E-state index contributed by atoms with van der Waals surface area (Å²) in [5.41, 5.74) is 8.85. The highest BCUT2D eigenvalue weighted by Crippen LogP contribution is 2.50. The van der Waals surface area contributed by atoms with Gasteiger partial charge in [-0.3, -0.25) is 0 Å². The minimum Gasteiger partial charge on any atom is -0.454 e. The van der Waals surface area contributed by atoms with Gasteiger partial charge in [0.1, 0.15) is 0 Å². The van der Waals surface area contributed by atoms with Gasteiger partial charge in [0.05, 0.1) is 0 Å². The van der Waals surface area contributed by atoms with Crippen LogP contribution in [-0.2, 0) is 5.54 Å². The standard InChI is InChI=1S/C17H17NO2/c18-17(9-13(10-17)12-4-2-1-3-5-12)14-6-7-15-16(8-14)20-11-19-15/h1-8,13H,9-11,18H2. The van der Waals surface area contributed by atoms with E-state index in [9.17, 15) is 0 Å². The second kappa shape index (κ2) is 4.25. The zero-order chi connectivity index (χ0) is 13.6. The van der Waals surface area contributed by atoms with Crippen LogP contribution in [0.1, 0.15) is 29.9 Å². The van der Waals surface area contributed by atoms with Gasteiger partial charge >= 0.3 is 0 Å². The Morgan fingerprint density at radius 1 is 0.950 bits per heavy atom. The highest BCUT2D eigenvalue weighted by molar-refractivity contribution is 5.47. The number of nitrogens with two attached hydrogens (primary N) is 1. The van der Waals surface area contributed by atoms with E-state index in [1.54, 1.807) is 0 Å². The van der Waals surface area contributed by atoms with Crippen molar-refractivity contribution in [1.82, 2.24) is 0 Å². The van der Waals surface area contributed by atoms with Crippen LogP contribution in [0.15, 0.2) is 48.5 Å². The number of fused-ring (bicyclic) bond motifs is 1. The Hall–Kier alpha value is -2.00. The number of hydrogen-bond donors (Lipinski definition) is 1. The summed E-state index contributed by atoms with van der Waals surface area (Å²) in [7, 11) is 0. The molecule has 102 valence electrons. The fraction of sp³-hybridized carbons (Fsp3) is 0.294. The van der Waals surface area contributed by atoms with Crippen molar-refractivity contribution in [2.75, 3.05) is 6.79 Å². The van der Waals surface area contributed by atoms with Gasteiger partial charge in [0, 0.05) is 5.54 Å². The maximum absolute atomic E-state index is 6.55. The van der Waals surface area contributed by atoms with Crippen LogP contribution in [-0.4, -0.2) is 6.79 Å². The Morgan fingerprint density at radius 3 is 2.50 bits per heavy atom. The normalized spacial score (nSPS) is 27.1. The van der Waals surface area contributed by atoms with Gasteiger partial charge in [-0.2, -0.15) is 0 Å². The average molecular weight is 267 g/mol. The minimum absolute atomic E-state index is 0.235. The largest absolute Gasteiger partial charge is 0.454 e. The van der Waals surface area contributed by atoms with Gasteiger partial charge in [-0.05, 0) is 42.0 Å². The molecule has 1 heterocycles. The molecular formula is C17H17NO2. The molecule has 2 aliphatic rings. The number of hydrogen-bond acceptors (Lipinski definition) is 3. The smallest absolute Gasteiger partial charge is 0.231 e. The van der Waals surface area contributed by atoms with Crippen molar-refractivity contribution in [3.63, 3.8) is 0 Å². The lowest BCUT2D eigenvalue weighted by Gasteiger charge is -2.45. The van der Waals surface area contributed by atoms with Crippen LogP contribution in [0.2, 0.25) is 0 Å². The number of ether oxygens (including phenoxy) is 2. The average Bonchev–Trinajstić information content (AvgIpc) is 2.92. The minimum atomic E-state index is -0.235. The Morgan fingerprint density at radius 2 is 1.70 bits per heavy atom. The summed E-state index contributed by atoms with van der Waals surface area (Å²) in [6.45, 7) is 0.309. The van der Waals surface area contributed by atoms with E-state index < -0.39 is 0 Å². The van der Waals surface area contributed by atoms with Gasteiger partial charge in [-0.1, -0.05) is 36.4 Å². The number of rotatable bonds is 2. The van der Waals surface area contributed by atoms with Crippen molar-refractivity contribution in [3.8, 4) is 11.5 Å². The van der Waals surface area contributed by atoms with Gasteiger partial charge in [-0.15, -0.1) is 0 Å². The Kier molecular flexibility index (Phi) is 2.51. The SMILES string of the molecule is NC1(c2ccc3c(c2)OCO3)CC(c2ccccc2)C1. The third kappa shape index (κ3) is 1.78. The predicted octanol–water partition coefficient (Wildman–Crippen LogP) is 3.15. The van der Waals surface area contributed by atoms with Crippen molar-refractivity contribution >= 4 is 0 Å². The zero-order valence-electron chi connectivity index (χ0n) is 11.2. The molecular weight excluding hydrogens is 250 g/mol. The summed E-state index contributed by atoms with van der Waals surface area (Å²) >= 11 is 0. The predicted molar refractivity (Wildman–Crippen MR) is 76.8 cm³/mol. The third-order valence-corrected chi connectivity index (χ3v) is 4.44. The van der Waals surface area contributed by atoms with E-state index >= 15 is 0 Å². The van der Waals surface area contributed by atoms with E-state index in [4.69, 9.17) is 15.2 Å². The first-order valence-corrected chi connectivity index (χ1v) is 6.99. The number of benzene rings is 2. The lowest BCUT2D eigenvalue weighted by Crippen LogP contribution is -2.47. The van der Waals surface area contributed by atoms with Crippen LogP contribution in [0.4, 0.5) is 0 Å². The van der Waals surface area contributed by atoms with E-state index in [2.05, 4.69) is 36.4 Å². The maximum atomic E-state index is 6.55. The molecule has 0 amide bonds. The Bertz CT molecular complexity index is 633. The van der Waals surface area contributed by atoms with E-state index in [0.717, 1.165) is 29.9 Å². The van der Waals surface area contributed by atoms with Crippen LogP contribution in [0.3, 0.4) is 0 Å². The third-order valence-electron chi connectivity index (χ3n) is 4.44. The molecule has 0 bridgehead atoms. The van der Waals surface area contributed by atoms with E-state index in [1.807, 2.05) is 12.1 Å². The highest BCUT2D eigenvalue weighted by Gasteiger charge is 2.43. The second-order valence-electron chi connectivity index (χ2n) is 5.74. The summed E-state index contributed by atoms with van der Waals surface area (Å²) in [5, 5.41) is 0. The molecule has 0 saturated heterocycles. The van der Waals surface area contributed by atoms with Crippen molar-refractivity contribution in [2.24, 2.45) is 5.73 Å². The van der Waals surface area contributed by atoms with Crippen LogP contribution in [0, 0.1) is 0 Å². The first kappa shape index (κ1) is 11.8. The summed E-state index contributed by atoms with van der Waals surface area (Å²) < 4.78 is 10.8. The molecule has 0 unspecified atom stereocenters. The van der Waals surface area contributed by atoms with Crippen molar-refractivity contribution in [1.29, 1.82) is 0 Å². The quantitative estimate of drug-likeness (QED) is 0.909. The zero-order valence-corrected chi connectivity index (χ0v) is 11.2. The fourth-order valence-electron chi connectivity index (χ4n) is 3.22. The molecule has 3 heteroatoms. The van der Waals surface area contributed by atoms with Gasteiger partial charge in [-0.25, -0.2) is 0 Å². The first-order chi connectivity index (χ1) is 9.74. The Balaban J connectivity index is 1.56. The van der Waals surface area contributed by atoms with Crippen molar-refractivity contribution in [2.45, 2.75) is 24.3 Å². The molecule has 0 atom stereocenters. The van der Waals surface area contributed by atoms with Gasteiger partial charge < -0.3 is 15.2 Å². The van der Waals surface area contributed by atoms with Crippen molar-refractivity contribution < 1.29 is 9.47 Å². The molecule has 0 spiro atoms. The van der Waals surface area contributed by atoms with Crippen LogP contribution < -0.4 is 15.2 Å². The Labute approximate surface area is 118 Å². The second-order valence-corrected chi connectivity index (χ2v) is 5.74. The van der Waals surface area contributed by atoms with Crippen LogP contribution >= 0.6 is 0 Å². The molecule has 20 heavy (non-hydrogen) atoms. The van der Waals surface area contributed by atoms with E-state index in [1.165, 1.54) is 5.56 Å². The lowest BCUT2D eigenvalue weighted by atomic mass is 9.63. The molecule has 4 rings (SSSR count). The maximum Gasteiger partial charge on any atom is 0.231 e. The summed E-state index contributed by atoms with van der Waals surface area (Å²) in [5.74, 6) is 2.19. The lowest BCUT2D eigenvalue weighted by molar-refractivity contribution is 0.173. The molecule has 0 aromatic heterocycles. The van der Waals surface area contributed by atoms with Crippen LogP contribution in [0.25, 0.3) is 0 Å². The fourth-order valence-corrected chi connectivity index (χ4v) is 3.22. The van der Waals surface area contributed by atoms with Gasteiger partial charge in [0.15, 0.2) is 11.5 Å². The van der Waals surface area contributed by atoms with Crippen molar-refractivity contribution in [3.05, 3.63) is 59.7 Å². The topological polar surface area (TPSA) is 44.5 Å². The summed E-state index contributed by atoms with van der Waals surface area (Å²) in [6, 6.07) is 16.7.